The maximum absolute atomic E-state index is 11.8. The molecule has 0 aliphatic rings. The normalized spacial score (nSPS) is 9.80. The first-order chi connectivity index (χ1) is 9.65. The molecule has 0 radical (unpaired) electrons. The van der Waals surface area contributed by atoms with Gasteiger partial charge in [0.2, 0.25) is 0 Å². The third kappa shape index (κ3) is 2.78. The van der Waals surface area contributed by atoms with Gasteiger partial charge >= 0.3 is 0 Å². The fourth-order valence-electron chi connectivity index (χ4n) is 1.91. The van der Waals surface area contributed by atoms with E-state index < -0.39 is 0 Å². The van der Waals surface area contributed by atoms with Crippen LogP contribution in [0.15, 0.2) is 42.5 Å². The Hall–Kier alpha value is -2.80. The molecule has 4 heteroatoms. The molecular weight excluding hydrogens is 252 g/mol. The number of carbonyl (C=O) groups excluding carboxylic acids is 1. The minimum absolute atomic E-state index is 0.0452. The molecular formula is C16H14N2O2. The predicted molar refractivity (Wildman–Crippen MR) is 76.3 cm³/mol. The number of nitrogens with one attached hydrogen (secondary N) is 1. The van der Waals surface area contributed by atoms with Crippen molar-refractivity contribution >= 4 is 5.91 Å². The smallest absolute Gasteiger partial charge is 0.251 e. The molecule has 0 fully saturated rings. The molecule has 4 nitrogen and oxygen atoms in total. The molecule has 0 heterocycles. The Morgan fingerprint density at radius 1 is 1.25 bits per heavy atom. The van der Waals surface area contributed by atoms with E-state index in [1.807, 2.05) is 19.1 Å². The summed E-state index contributed by atoms with van der Waals surface area (Å²) >= 11 is 0. The third-order valence-corrected chi connectivity index (χ3v) is 2.91. The monoisotopic (exact) mass is 266 g/mol. The topological polar surface area (TPSA) is 73.1 Å². The molecule has 0 aromatic heterocycles. The zero-order chi connectivity index (χ0) is 14.5. The van der Waals surface area contributed by atoms with Crippen LogP contribution in [0.3, 0.4) is 0 Å². The summed E-state index contributed by atoms with van der Waals surface area (Å²) in [4.78, 5) is 11.8. The van der Waals surface area contributed by atoms with Crippen molar-refractivity contribution in [3.8, 4) is 22.9 Å². The van der Waals surface area contributed by atoms with Gasteiger partial charge in [-0.15, -0.1) is 0 Å². The van der Waals surface area contributed by atoms with Crippen LogP contribution in [0.25, 0.3) is 11.1 Å². The Morgan fingerprint density at radius 2 is 2.00 bits per heavy atom. The average molecular weight is 266 g/mol. The van der Waals surface area contributed by atoms with Crippen molar-refractivity contribution in [1.29, 1.82) is 5.26 Å². The van der Waals surface area contributed by atoms with E-state index in [9.17, 15) is 9.90 Å². The number of aromatic hydroxyl groups is 1. The van der Waals surface area contributed by atoms with Crippen LogP contribution in [0.4, 0.5) is 0 Å². The van der Waals surface area contributed by atoms with Crippen molar-refractivity contribution in [2.45, 2.75) is 6.92 Å². The molecule has 0 bridgehead atoms. The standard InChI is InChI=1S/C16H14N2O2/c1-2-18-16(20)13-5-3-4-11(8-13)12-6-7-15(19)14(9-12)10-17/h3-9,19H,2H2,1H3,(H,18,20). The van der Waals surface area contributed by atoms with Crippen LogP contribution in [0.1, 0.15) is 22.8 Å². The SMILES string of the molecule is CCNC(=O)c1cccc(-c2ccc(O)c(C#N)c2)c1. The van der Waals surface area contributed by atoms with Crippen LogP contribution in [0.2, 0.25) is 0 Å². The van der Waals surface area contributed by atoms with Crippen molar-refractivity contribution in [2.24, 2.45) is 0 Å². The first-order valence-corrected chi connectivity index (χ1v) is 6.27. The molecule has 1 amide bonds. The van der Waals surface area contributed by atoms with Gasteiger partial charge in [-0.25, -0.2) is 0 Å². The van der Waals surface area contributed by atoms with Crippen LogP contribution in [-0.4, -0.2) is 17.6 Å². The zero-order valence-corrected chi connectivity index (χ0v) is 11.1. The largest absolute Gasteiger partial charge is 0.507 e. The zero-order valence-electron chi connectivity index (χ0n) is 11.1. The Balaban J connectivity index is 2.41. The Morgan fingerprint density at radius 3 is 2.70 bits per heavy atom. The second-order valence-corrected chi connectivity index (χ2v) is 4.28. The van der Waals surface area contributed by atoms with E-state index in [2.05, 4.69) is 5.32 Å². The van der Waals surface area contributed by atoms with Gasteiger partial charge in [0.1, 0.15) is 11.8 Å². The highest BCUT2D eigenvalue weighted by atomic mass is 16.3. The minimum Gasteiger partial charge on any atom is -0.507 e. The Bertz CT molecular complexity index is 687. The first kappa shape index (κ1) is 13.6. The van der Waals surface area contributed by atoms with E-state index in [4.69, 9.17) is 5.26 Å². The lowest BCUT2D eigenvalue weighted by Gasteiger charge is -2.07. The number of carbonyl (C=O) groups is 1. The van der Waals surface area contributed by atoms with Gasteiger partial charge in [0, 0.05) is 12.1 Å². The maximum Gasteiger partial charge on any atom is 0.251 e. The number of rotatable bonds is 3. The predicted octanol–water partition coefficient (Wildman–Crippen LogP) is 2.68. The van der Waals surface area contributed by atoms with Gasteiger partial charge in [0.05, 0.1) is 5.56 Å². The first-order valence-electron chi connectivity index (χ1n) is 6.27. The van der Waals surface area contributed by atoms with Gasteiger partial charge in [-0.3, -0.25) is 4.79 Å². The Labute approximate surface area is 117 Å². The maximum atomic E-state index is 11.8. The second kappa shape index (κ2) is 5.89. The van der Waals surface area contributed by atoms with Gasteiger partial charge in [0.25, 0.3) is 5.91 Å². The molecule has 0 aliphatic carbocycles. The number of benzene rings is 2. The summed E-state index contributed by atoms with van der Waals surface area (Å²) < 4.78 is 0. The molecule has 0 aliphatic heterocycles. The summed E-state index contributed by atoms with van der Waals surface area (Å²) in [6.45, 7) is 2.43. The molecule has 2 rings (SSSR count). The van der Waals surface area contributed by atoms with Gasteiger partial charge < -0.3 is 10.4 Å². The molecule has 0 saturated heterocycles. The number of amides is 1. The third-order valence-electron chi connectivity index (χ3n) is 2.91. The van der Waals surface area contributed by atoms with Crippen molar-refractivity contribution in [3.05, 3.63) is 53.6 Å². The van der Waals surface area contributed by atoms with Crippen LogP contribution < -0.4 is 5.32 Å². The van der Waals surface area contributed by atoms with Gasteiger partial charge in [-0.05, 0) is 42.3 Å². The van der Waals surface area contributed by atoms with Gasteiger partial charge in [-0.2, -0.15) is 5.26 Å². The lowest BCUT2D eigenvalue weighted by molar-refractivity contribution is 0.0956. The number of phenols is 1. The summed E-state index contributed by atoms with van der Waals surface area (Å²) in [6, 6.07) is 13.9. The van der Waals surface area contributed by atoms with Crippen LogP contribution in [0, 0.1) is 11.3 Å². The van der Waals surface area contributed by atoms with E-state index in [-0.39, 0.29) is 17.2 Å². The quantitative estimate of drug-likeness (QED) is 0.897. The molecule has 0 saturated carbocycles. The molecule has 0 unspecified atom stereocenters. The second-order valence-electron chi connectivity index (χ2n) is 4.28. The summed E-state index contributed by atoms with van der Waals surface area (Å²) in [5.41, 5.74) is 2.39. The average Bonchev–Trinajstić information content (AvgIpc) is 2.48. The van der Waals surface area contributed by atoms with Crippen molar-refractivity contribution in [1.82, 2.24) is 5.32 Å². The highest BCUT2D eigenvalue weighted by molar-refractivity contribution is 5.95. The fourth-order valence-corrected chi connectivity index (χ4v) is 1.91. The van der Waals surface area contributed by atoms with Crippen molar-refractivity contribution in [3.63, 3.8) is 0 Å². The van der Waals surface area contributed by atoms with Crippen molar-refractivity contribution in [2.75, 3.05) is 6.54 Å². The van der Waals surface area contributed by atoms with E-state index in [1.165, 1.54) is 6.07 Å². The van der Waals surface area contributed by atoms with E-state index in [0.717, 1.165) is 11.1 Å². The van der Waals surface area contributed by atoms with Crippen LogP contribution in [-0.2, 0) is 0 Å². The number of phenolic OH excluding ortho intramolecular Hbond substituents is 1. The summed E-state index contributed by atoms with van der Waals surface area (Å²) in [5, 5.41) is 21.2. The highest BCUT2D eigenvalue weighted by Gasteiger charge is 2.08. The number of hydrogen-bond donors (Lipinski definition) is 2. The molecule has 0 atom stereocenters. The Kier molecular flexibility index (Phi) is 4.02. The van der Waals surface area contributed by atoms with Crippen LogP contribution in [0.5, 0.6) is 5.75 Å². The summed E-state index contributed by atoms with van der Waals surface area (Å²) in [7, 11) is 0. The lowest BCUT2D eigenvalue weighted by Crippen LogP contribution is -2.22. The van der Waals surface area contributed by atoms with E-state index in [1.54, 1.807) is 30.3 Å². The van der Waals surface area contributed by atoms with Crippen molar-refractivity contribution < 1.29 is 9.90 Å². The number of nitriles is 1. The number of hydrogen-bond acceptors (Lipinski definition) is 3. The lowest BCUT2D eigenvalue weighted by atomic mass is 10.0. The number of nitrogens with zero attached hydrogens (tertiary/aromatic N) is 1. The molecule has 2 aromatic rings. The van der Waals surface area contributed by atoms with E-state index in [0.29, 0.717) is 12.1 Å². The van der Waals surface area contributed by atoms with Gasteiger partial charge in [0.15, 0.2) is 0 Å². The highest BCUT2D eigenvalue weighted by Crippen LogP contribution is 2.26. The molecule has 2 N–H and O–H groups in total. The molecule has 2 aromatic carbocycles. The molecule has 0 spiro atoms. The summed E-state index contributed by atoms with van der Waals surface area (Å²) in [5.74, 6) is -0.176. The van der Waals surface area contributed by atoms with E-state index >= 15 is 0 Å². The summed E-state index contributed by atoms with van der Waals surface area (Å²) in [6.07, 6.45) is 0. The molecule has 100 valence electrons. The minimum atomic E-state index is -0.131. The fraction of sp³-hybridized carbons (Fsp3) is 0.125. The van der Waals surface area contributed by atoms with Gasteiger partial charge in [-0.1, -0.05) is 18.2 Å². The molecule has 20 heavy (non-hydrogen) atoms. The van der Waals surface area contributed by atoms with Crippen LogP contribution >= 0.6 is 0 Å².